The van der Waals surface area contributed by atoms with E-state index in [1.807, 2.05) is 18.2 Å². The van der Waals surface area contributed by atoms with Gasteiger partial charge in [-0.1, -0.05) is 42.5 Å². The van der Waals surface area contributed by atoms with Gasteiger partial charge >= 0.3 is 0 Å². The van der Waals surface area contributed by atoms with Gasteiger partial charge in [0.2, 0.25) is 0 Å². The number of quaternary nitrogens is 2. The minimum absolute atomic E-state index is 0.00723. The summed E-state index contributed by atoms with van der Waals surface area (Å²) in [6.07, 6.45) is 0. The molecule has 0 bridgehead atoms. The highest BCUT2D eigenvalue weighted by Crippen LogP contribution is 2.26. The fourth-order valence-corrected chi connectivity index (χ4v) is 4.75. The van der Waals surface area contributed by atoms with Crippen LogP contribution in [0.15, 0.2) is 54.6 Å². The van der Waals surface area contributed by atoms with Gasteiger partial charge in [-0.05, 0) is 19.1 Å². The van der Waals surface area contributed by atoms with Gasteiger partial charge in [0.05, 0.1) is 58.0 Å². The first kappa shape index (κ1) is 20.7. The Morgan fingerprint density at radius 3 is 2.23 bits per heavy atom. The number of phenolic OH excluding ortho intramolecular Hbond substituents is 1. The first-order valence-corrected chi connectivity index (χ1v) is 11.2. The second kappa shape index (κ2) is 9.49. The van der Waals surface area contributed by atoms with Crippen molar-refractivity contribution in [2.24, 2.45) is 0 Å². The Balaban J connectivity index is 1.25. The summed E-state index contributed by atoms with van der Waals surface area (Å²) in [7, 11) is 0. The Morgan fingerprint density at radius 1 is 0.933 bits per heavy atom. The predicted molar refractivity (Wildman–Crippen MR) is 118 cm³/mol. The Labute approximate surface area is 179 Å². The topological polar surface area (TPSA) is 52.7 Å². The highest BCUT2D eigenvalue weighted by atomic mass is 16.3. The molecule has 6 heteroatoms. The predicted octanol–water partition coefficient (Wildman–Crippen LogP) is -0.587. The van der Waals surface area contributed by atoms with Crippen LogP contribution in [-0.2, 0) is 11.3 Å². The van der Waals surface area contributed by atoms with Gasteiger partial charge in [-0.15, -0.1) is 0 Å². The maximum atomic E-state index is 13.1. The Bertz CT molecular complexity index is 828. The lowest BCUT2D eigenvalue weighted by molar-refractivity contribution is -0.920. The fourth-order valence-electron chi connectivity index (χ4n) is 4.75. The van der Waals surface area contributed by atoms with Crippen LogP contribution in [0.25, 0.3) is 0 Å². The van der Waals surface area contributed by atoms with E-state index in [-0.39, 0.29) is 6.04 Å². The monoisotopic (exact) mass is 410 g/mol. The van der Waals surface area contributed by atoms with Crippen molar-refractivity contribution >= 4 is 11.6 Å². The lowest BCUT2D eigenvalue weighted by Crippen LogP contribution is -3.19. The number of para-hydroxylation sites is 2. The summed E-state index contributed by atoms with van der Waals surface area (Å²) in [5.74, 6) is 0.626. The summed E-state index contributed by atoms with van der Waals surface area (Å²) in [6.45, 7) is 10.4. The van der Waals surface area contributed by atoms with Crippen molar-refractivity contribution in [2.75, 3.05) is 57.3 Å². The van der Waals surface area contributed by atoms with Crippen LogP contribution in [0.4, 0.5) is 5.69 Å². The molecule has 0 radical (unpaired) electrons. The summed E-state index contributed by atoms with van der Waals surface area (Å²) in [6, 6.07) is 18.1. The maximum absolute atomic E-state index is 13.1. The summed E-state index contributed by atoms with van der Waals surface area (Å²) in [4.78, 5) is 20.3. The number of nitrogens with zero attached hydrogens (tertiary/aromatic N) is 2. The normalized spacial score (nSPS) is 19.6. The second-order valence-electron chi connectivity index (χ2n) is 8.59. The Kier molecular flexibility index (Phi) is 6.55. The van der Waals surface area contributed by atoms with Crippen LogP contribution in [0.2, 0.25) is 0 Å². The molecule has 0 spiro atoms. The molecule has 0 aromatic heterocycles. The molecule has 3 N–H and O–H groups in total. The molecule has 2 aromatic rings. The molecule has 0 aliphatic carbocycles. The molecule has 6 nitrogen and oxygen atoms in total. The number of hydrogen-bond donors (Lipinski definition) is 3. The molecule has 0 saturated carbocycles. The molecular weight excluding hydrogens is 376 g/mol. The number of carbonyl (C=O) groups excluding carboxylic acids is 1. The van der Waals surface area contributed by atoms with Crippen molar-refractivity contribution < 1.29 is 19.7 Å². The lowest BCUT2D eigenvalue weighted by atomic mass is 10.1. The molecule has 2 saturated heterocycles. The summed E-state index contributed by atoms with van der Waals surface area (Å²) >= 11 is 0. The summed E-state index contributed by atoms with van der Waals surface area (Å²) in [5.41, 5.74) is 2.26. The molecule has 2 aliphatic heterocycles. The third kappa shape index (κ3) is 4.77. The molecule has 160 valence electrons. The highest BCUT2D eigenvalue weighted by molar-refractivity contribution is 5.80. The third-order valence-corrected chi connectivity index (χ3v) is 6.69. The van der Waals surface area contributed by atoms with E-state index in [4.69, 9.17) is 0 Å². The van der Waals surface area contributed by atoms with Gasteiger partial charge in [-0.3, -0.25) is 4.79 Å². The number of carbonyl (C=O) groups is 1. The number of rotatable bonds is 5. The molecule has 2 aliphatic rings. The van der Waals surface area contributed by atoms with Gasteiger partial charge in [-0.2, -0.15) is 0 Å². The minimum Gasteiger partial charge on any atom is -0.506 e. The SMILES string of the molecule is C[C@H](C(=O)N1CC[NH+](Cc2ccccc2)CC1)[NH+]1CCN(c2ccccc2O)CC1. The van der Waals surface area contributed by atoms with E-state index < -0.39 is 0 Å². The molecule has 1 amide bonds. The number of amides is 1. The standard InChI is InChI=1S/C24H32N4O2/c1-20(26-15-17-27(18-16-26)22-9-5-6-10-23(22)29)24(30)28-13-11-25(12-14-28)19-21-7-3-2-4-8-21/h2-10,20,29H,11-19H2,1H3/p+2/t20-/m1/s1. The first-order valence-electron chi connectivity index (χ1n) is 11.2. The maximum Gasteiger partial charge on any atom is 0.280 e. The van der Waals surface area contributed by atoms with Crippen molar-refractivity contribution in [2.45, 2.75) is 19.5 Å². The number of nitrogens with one attached hydrogen (secondary N) is 2. The number of aromatic hydroxyl groups is 1. The Hall–Kier alpha value is -2.57. The van der Waals surface area contributed by atoms with Gasteiger partial charge in [0, 0.05) is 5.56 Å². The molecule has 4 rings (SSSR count). The van der Waals surface area contributed by atoms with Crippen molar-refractivity contribution in [3.63, 3.8) is 0 Å². The van der Waals surface area contributed by atoms with E-state index in [9.17, 15) is 9.90 Å². The number of phenols is 1. The van der Waals surface area contributed by atoms with Crippen LogP contribution in [0, 0.1) is 0 Å². The van der Waals surface area contributed by atoms with E-state index in [0.717, 1.165) is 64.6 Å². The zero-order valence-corrected chi connectivity index (χ0v) is 17.9. The molecule has 30 heavy (non-hydrogen) atoms. The molecule has 2 fully saturated rings. The number of piperazine rings is 2. The number of hydrogen-bond acceptors (Lipinski definition) is 3. The van der Waals surface area contributed by atoms with Crippen LogP contribution in [0.3, 0.4) is 0 Å². The van der Waals surface area contributed by atoms with E-state index in [1.54, 1.807) is 11.0 Å². The average Bonchev–Trinajstić information content (AvgIpc) is 2.80. The molecule has 1 atom stereocenters. The largest absolute Gasteiger partial charge is 0.506 e. The van der Waals surface area contributed by atoms with Crippen LogP contribution in [0.1, 0.15) is 12.5 Å². The quantitative estimate of drug-likeness (QED) is 0.618. The molecule has 2 aromatic carbocycles. The number of benzene rings is 2. The van der Waals surface area contributed by atoms with Gasteiger partial charge in [0.15, 0.2) is 6.04 Å². The number of anilines is 1. The van der Waals surface area contributed by atoms with Crippen molar-refractivity contribution in [1.29, 1.82) is 0 Å². The van der Waals surface area contributed by atoms with E-state index in [2.05, 4.69) is 47.1 Å². The van der Waals surface area contributed by atoms with Crippen molar-refractivity contribution in [3.05, 3.63) is 60.2 Å². The molecule has 0 unspecified atom stereocenters. The van der Waals surface area contributed by atoms with Gasteiger partial charge in [0.25, 0.3) is 5.91 Å². The lowest BCUT2D eigenvalue weighted by Gasteiger charge is -2.38. The Morgan fingerprint density at radius 2 is 1.57 bits per heavy atom. The summed E-state index contributed by atoms with van der Waals surface area (Å²) in [5, 5.41) is 10.1. The fraction of sp³-hybridized carbons (Fsp3) is 0.458. The second-order valence-corrected chi connectivity index (χ2v) is 8.59. The van der Waals surface area contributed by atoms with Crippen molar-refractivity contribution in [1.82, 2.24) is 4.90 Å². The van der Waals surface area contributed by atoms with Gasteiger partial charge in [-0.25, -0.2) is 0 Å². The molecule has 2 heterocycles. The van der Waals surface area contributed by atoms with Crippen LogP contribution < -0.4 is 14.7 Å². The van der Waals surface area contributed by atoms with Crippen LogP contribution in [-0.4, -0.2) is 74.3 Å². The first-order chi connectivity index (χ1) is 14.6. The van der Waals surface area contributed by atoms with E-state index >= 15 is 0 Å². The van der Waals surface area contributed by atoms with Crippen molar-refractivity contribution in [3.8, 4) is 5.75 Å². The average molecular weight is 411 g/mol. The smallest absolute Gasteiger partial charge is 0.280 e. The van der Waals surface area contributed by atoms with Gasteiger partial charge < -0.3 is 24.7 Å². The highest BCUT2D eigenvalue weighted by Gasteiger charge is 2.34. The van der Waals surface area contributed by atoms with Gasteiger partial charge in [0.1, 0.15) is 12.3 Å². The molecular formula is C24H34N4O2+2. The minimum atomic E-state index is -0.00723. The zero-order chi connectivity index (χ0) is 20.9. The zero-order valence-electron chi connectivity index (χ0n) is 17.9. The van der Waals surface area contributed by atoms with E-state index in [1.165, 1.54) is 10.5 Å². The summed E-state index contributed by atoms with van der Waals surface area (Å²) < 4.78 is 0. The van der Waals surface area contributed by atoms with Crippen LogP contribution >= 0.6 is 0 Å². The van der Waals surface area contributed by atoms with E-state index in [0.29, 0.717) is 11.7 Å². The third-order valence-electron chi connectivity index (χ3n) is 6.69. The van der Waals surface area contributed by atoms with Crippen LogP contribution in [0.5, 0.6) is 5.75 Å².